The largest absolute Gasteiger partial charge is 0.490 e. The van der Waals surface area contributed by atoms with E-state index >= 15 is 0 Å². The lowest BCUT2D eigenvalue weighted by atomic mass is 10.1. The quantitative estimate of drug-likeness (QED) is 0.674. The number of nitrogens with one attached hydrogen (secondary N) is 1. The molecular formula is C21H22ClN3O4S. The average Bonchev–Trinajstić information content (AvgIpc) is 3.10. The Bertz CT molecular complexity index is 965. The maximum Gasteiger partial charge on any atom is 0.241 e. The summed E-state index contributed by atoms with van der Waals surface area (Å²) in [6.07, 6.45) is 0. The number of hydrazone groups is 1. The Morgan fingerprint density at radius 1 is 1.13 bits per heavy atom. The zero-order valence-electron chi connectivity index (χ0n) is 16.8. The van der Waals surface area contributed by atoms with Crippen molar-refractivity contribution in [2.45, 2.75) is 26.1 Å². The van der Waals surface area contributed by atoms with Crippen molar-refractivity contribution in [2.24, 2.45) is 5.10 Å². The molecule has 0 aliphatic carbocycles. The van der Waals surface area contributed by atoms with E-state index in [9.17, 15) is 9.59 Å². The van der Waals surface area contributed by atoms with Crippen LogP contribution in [0, 0.1) is 6.92 Å². The van der Waals surface area contributed by atoms with Gasteiger partial charge in [0.25, 0.3) is 0 Å². The van der Waals surface area contributed by atoms with Crippen molar-refractivity contribution >= 4 is 40.3 Å². The maximum atomic E-state index is 12.1. The Kier molecular flexibility index (Phi) is 7.23. The first-order chi connectivity index (χ1) is 14.3. The van der Waals surface area contributed by atoms with Crippen LogP contribution in [-0.4, -0.2) is 35.2 Å². The van der Waals surface area contributed by atoms with Gasteiger partial charge in [0.15, 0.2) is 5.17 Å². The molecule has 0 aromatic heterocycles. The van der Waals surface area contributed by atoms with Gasteiger partial charge in [-0.25, -0.2) is 5.01 Å². The van der Waals surface area contributed by atoms with Crippen molar-refractivity contribution in [3.63, 3.8) is 0 Å². The standard InChI is InChI=1S/C21H22ClN3O4S/c1-13-4-9-19(29-11-10-28-17-7-5-16(22)6-8-17)18(12-13)20-25(15(3)27)24-21(30-20)23-14(2)26/h4-9,12,20H,10-11H2,1-3H3,(H,23,24,26). The summed E-state index contributed by atoms with van der Waals surface area (Å²) < 4.78 is 11.6. The Morgan fingerprint density at radius 2 is 1.83 bits per heavy atom. The highest BCUT2D eigenvalue weighted by atomic mass is 35.5. The number of aryl methyl sites for hydroxylation is 1. The summed E-state index contributed by atoms with van der Waals surface area (Å²) in [7, 11) is 0. The van der Waals surface area contributed by atoms with Crippen LogP contribution in [0.4, 0.5) is 0 Å². The van der Waals surface area contributed by atoms with Crippen LogP contribution < -0.4 is 14.8 Å². The molecule has 158 valence electrons. The average molecular weight is 448 g/mol. The van der Waals surface area contributed by atoms with Gasteiger partial charge in [0.2, 0.25) is 11.8 Å². The van der Waals surface area contributed by atoms with Gasteiger partial charge >= 0.3 is 0 Å². The van der Waals surface area contributed by atoms with Crippen LogP contribution in [0.2, 0.25) is 5.02 Å². The zero-order valence-corrected chi connectivity index (χ0v) is 18.4. The number of halogens is 1. The molecule has 0 radical (unpaired) electrons. The molecule has 9 heteroatoms. The zero-order chi connectivity index (χ0) is 21.7. The molecule has 1 aliphatic rings. The first-order valence-electron chi connectivity index (χ1n) is 9.28. The van der Waals surface area contributed by atoms with Crippen molar-refractivity contribution in [3.05, 3.63) is 58.6 Å². The van der Waals surface area contributed by atoms with Gasteiger partial charge in [-0.3, -0.25) is 9.59 Å². The Hall–Kier alpha value is -2.71. The number of amidine groups is 1. The highest BCUT2D eigenvalue weighted by molar-refractivity contribution is 8.14. The number of rotatable bonds is 6. The number of carbonyl (C=O) groups is 2. The summed E-state index contributed by atoms with van der Waals surface area (Å²) in [6, 6.07) is 12.9. The number of hydrogen-bond acceptors (Lipinski definition) is 6. The number of carbonyl (C=O) groups excluding carboxylic acids is 2. The van der Waals surface area contributed by atoms with Crippen molar-refractivity contribution in [1.29, 1.82) is 0 Å². The molecule has 1 unspecified atom stereocenters. The highest BCUT2D eigenvalue weighted by Gasteiger charge is 2.34. The fraction of sp³-hybridized carbons (Fsp3) is 0.286. The fourth-order valence-electron chi connectivity index (χ4n) is 2.80. The Labute approximate surface area is 184 Å². The van der Waals surface area contributed by atoms with Gasteiger partial charge in [0.05, 0.1) is 0 Å². The molecule has 2 amide bonds. The predicted molar refractivity (Wildman–Crippen MR) is 118 cm³/mol. The number of thioether (sulfide) groups is 1. The van der Waals surface area contributed by atoms with E-state index in [2.05, 4.69) is 10.4 Å². The van der Waals surface area contributed by atoms with E-state index in [0.717, 1.165) is 11.1 Å². The summed E-state index contributed by atoms with van der Waals surface area (Å²) in [5.41, 5.74) is 1.82. The van der Waals surface area contributed by atoms with Gasteiger partial charge < -0.3 is 14.8 Å². The number of hydrogen-bond donors (Lipinski definition) is 1. The first kappa shape index (κ1) is 22.0. The van der Waals surface area contributed by atoms with Gasteiger partial charge in [-0.2, -0.15) is 0 Å². The van der Waals surface area contributed by atoms with Crippen LogP contribution in [0.25, 0.3) is 0 Å². The molecule has 1 N–H and O–H groups in total. The molecule has 0 spiro atoms. The minimum absolute atomic E-state index is 0.230. The van der Waals surface area contributed by atoms with Crippen LogP contribution >= 0.6 is 23.4 Å². The van der Waals surface area contributed by atoms with Crippen molar-refractivity contribution in [1.82, 2.24) is 10.3 Å². The highest BCUT2D eigenvalue weighted by Crippen LogP contribution is 2.42. The lowest BCUT2D eigenvalue weighted by Gasteiger charge is -2.22. The van der Waals surface area contributed by atoms with E-state index in [1.165, 1.54) is 30.6 Å². The van der Waals surface area contributed by atoms with E-state index in [-0.39, 0.29) is 11.8 Å². The summed E-state index contributed by atoms with van der Waals surface area (Å²) in [6.45, 7) is 5.46. The Morgan fingerprint density at radius 3 is 2.50 bits per heavy atom. The minimum Gasteiger partial charge on any atom is -0.490 e. The second kappa shape index (κ2) is 9.86. The van der Waals surface area contributed by atoms with Gasteiger partial charge in [-0.15, -0.1) is 5.10 Å². The molecule has 1 atom stereocenters. The summed E-state index contributed by atoms with van der Waals surface area (Å²) >= 11 is 7.16. The number of amides is 2. The molecule has 7 nitrogen and oxygen atoms in total. The molecule has 1 aliphatic heterocycles. The summed E-state index contributed by atoms with van der Waals surface area (Å²) in [4.78, 5) is 23.5. The maximum absolute atomic E-state index is 12.1. The van der Waals surface area contributed by atoms with Crippen molar-refractivity contribution in [3.8, 4) is 11.5 Å². The molecule has 1 heterocycles. The number of ether oxygens (including phenoxy) is 2. The van der Waals surface area contributed by atoms with Crippen LogP contribution in [0.5, 0.6) is 11.5 Å². The molecule has 0 saturated heterocycles. The molecule has 0 saturated carbocycles. The molecular weight excluding hydrogens is 426 g/mol. The van der Waals surface area contributed by atoms with E-state index in [1.807, 2.05) is 25.1 Å². The third kappa shape index (κ3) is 5.67. The molecule has 0 bridgehead atoms. The second-order valence-electron chi connectivity index (χ2n) is 6.61. The minimum atomic E-state index is -0.434. The molecule has 0 fully saturated rings. The van der Waals surface area contributed by atoms with Crippen LogP contribution in [0.1, 0.15) is 30.3 Å². The smallest absolute Gasteiger partial charge is 0.241 e. The lowest BCUT2D eigenvalue weighted by Crippen LogP contribution is -2.25. The molecule has 30 heavy (non-hydrogen) atoms. The molecule has 2 aromatic rings. The second-order valence-corrected chi connectivity index (χ2v) is 8.12. The normalized spacial score (nSPS) is 15.5. The third-order valence-corrected chi connectivity index (χ3v) is 5.44. The van der Waals surface area contributed by atoms with Gasteiger partial charge in [0.1, 0.15) is 30.1 Å². The van der Waals surface area contributed by atoms with E-state index in [1.54, 1.807) is 24.3 Å². The Balaban J connectivity index is 1.70. The van der Waals surface area contributed by atoms with Gasteiger partial charge in [-0.1, -0.05) is 35.0 Å². The van der Waals surface area contributed by atoms with Gasteiger partial charge in [-0.05, 0) is 43.3 Å². The first-order valence-corrected chi connectivity index (χ1v) is 10.5. The van der Waals surface area contributed by atoms with E-state index in [4.69, 9.17) is 21.1 Å². The molecule has 3 rings (SSSR count). The van der Waals surface area contributed by atoms with Crippen LogP contribution in [0.15, 0.2) is 47.6 Å². The van der Waals surface area contributed by atoms with E-state index in [0.29, 0.717) is 34.9 Å². The number of nitrogens with zero attached hydrogens (tertiary/aromatic N) is 2. The van der Waals surface area contributed by atoms with Gasteiger partial charge in [0, 0.05) is 24.4 Å². The monoisotopic (exact) mass is 447 g/mol. The molecule has 2 aromatic carbocycles. The summed E-state index contributed by atoms with van der Waals surface area (Å²) in [5.74, 6) is 0.856. The predicted octanol–water partition coefficient (Wildman–Crippen LogP) is 4.11. The lowest BCUT2D eigenvalue weighted by molar-refractivity contribution is -0.129. The SMILES string of the molecule is CC(=O)NC1=NN(C(C)=O)C(c2cc(C)ccc2OCCOc2ccc(Cl)cc2)S1. The van der Waals surface area contributed by atoms with Crippen molar-refractivity contribution in [2.75, 3.05) is 13.2 Å². The van der Waals surface area contributed by atoms with E-state index < -0.39 is 5.37 Å². The van der Waals surface area contributed by atoms with Crippen LogP contribution in [0.3, 0.4) is 0 Å². The summed E-state index contributed by atoms with van der Waals surface area (Å²) in [5, 5.41) is 8.82. The number of benzene rings is 2. The van der Waals surface area contributed by atoms with Crippen molar-refractivity contribution < 1.29 is 19.1 Å². The third-order valence-electron chi connectivity index (χ3n) is 4.10. The van der Waals surface area contributed by atoms with Crippen LogP contribution in [-0.2, 0) is 9.59 Å². The topological polar surface area (TPSA) is 80.2 Å². The fourth-order valence-corrected chi connectivity index (χ4v) is 4.08.